The number of aromatic hydroxyl groups is 1. The summed E-state index contributed by atoms with van der Waals surface area (Å²) >= 11 is 5.85. The molecule has 3 nitrogen and oxygen atoms in total. The van der Waals surface area contributed by atoms with Crippen LogP contribution < -0.4 is 16.0 Å². The molecule has 1 aromatic rings. The molecule has 1 unspecified atom stereocenters. The molecule has 1 aliphatic carbocycles. The summed E-state index contributed by atoms with van der Waals surface area (Å²) in [6, 6.07) is 0. The third-order valence-corrected chi connectivity index (χ3v) is 2.35. The van der Waals surface area contributed by atoms with Crippen LogP contribution in [-0.2, 0) is 0 Å². The second-order valence-corrected chi connectivity index (χ2v) is 3.51. The molecule has 0 aromatic carbocycles. The molecule has 0 amide bonds. The zero-order chi connectivity index (χ0) is 9.42. The van der Waals surface area contributed by atoms with E-state index in [0.717, 1.165) is 0 Å². The number of halogens is 1. The first kappa shape index (κ1) is 8.38. The van der Waals surface area contributed by atoms with E-state index in [0.29, 0.717) is 16.9 Å². The predicted molar refractivity (Wildman–Crippen MR) is 51.2 cm³/mol. The highest BCUT2D eigenvalue weighted by Crippen LogP contribution is 2.06. The minimum absolute atomic E-state index is 0.0921. The van der Waals surface area contributed by atoms with Gasteiger partial charge >= 0.3 is 0 Å². The topological polar surface area (TPSA) is 53.1 Å². The smallest absolute Gasteiger partial charge is 0.255 e. The van der Waals surface area contributed by atoms with Crippen molar-refractivity contribution < 1.29 is 5.11 Å². The summed E-state index contributed by atoms with van der Waals surface area (Å²) in [7, 11) is 0. The standard InChI is InChI=1S/C9H8ClNO2/c10-5-1-2-6-7(3-5)9(13)11-4-8(6)12/h2-5,12H,1H2,(H,11,13). The lowest BCUT2D eigenvalue weighted by molar-refractivity contribution is 0.466. The highest BCUT2D eigenvalue weighted by molar-refractivity contribution is 6.24. The van der Waals surface area contributed by atoms with Crippen LogP contribution in [0.25, 0.3) is 12.2 Å². The molecule has 0 aliphatic heterocycles. The van der Waals surface area contributed by atoms with E-state index in [1.54, 1.807) is 12.2 Å². The third-order valence-electron chi connectivity index (χ3n) is 2.05. The quantitative estimate of drug-likeness (QED) is 0.559. The van der Waals surface area contributed by atoms with Gasteiger partial charge < -0.3 is 10.1 Å². The summed E-state index contributed by atoms with van der Waals surface area (Å²) in [6.07, 6.45) is 5.37. The molecule has 0 radical (unpaired) electrons. The van der Waals surface area contributed by atoms with Crippen molar-refractivity contribution >= 4 is 23.8 Å². The zero-order valence-electron chi connectivity index (χ0n) is 6.75. The maximum atomic E-state index is 11.3. The van der Waals surface area contributed by atoms with Gasteiger partial charge in [0.1, 0.15) is 5.75 Å². The molecule has 1 atom stereocenters. The van der Waals surface area contributed by atoms with Gasteiger partial charge in [-0.1, -0.05) is 12.2 Å². The Bertz CT molecular complexity index is 503. The molecule has 2 N–H and O–H groups in total. The molecule has 13 heavy (non-hydrogen) atoms. The van der Waals surface area contributed by atoms with Gasteiger partial charge in [-0.15, -0.1) is 11.6 Å². The summed E-state index contributed by atoms with van der Waals surface area (Å²) in [5.41, 5.74) is -0.214. The Kier molecular flexibility index (Phi) is 1.88. The number of hydrogen-bond acceptors (Lipinski definition) is 2. The average molecular weight is 198 g/mol. The van der Waals surface area contributed by atoms with Crippen molar-refractivity contribution in [3.8, 4) is 5.75 Å². The van der Waals surface area contributed by atoms with Gasteiger partial charge in [-0.05, 0) is 6.42 Å². The Hall–Kier alpha value is -1.22. The van der Waals surface area contributed by atoms with Gasteiger partial charge in [0.15, 0.2) is 0 Å². The number of aromatic amines is 1. The van der Waals surface area contributed by atoms with Crippen LogP contribution in [0.4, 0.5) is 0 Å². The van der Waals surface area contributed by atoms with Crippen LogP contribution in [0.15, 0.2) is 11.0 Å². The number of nitrogens with one attached hydrogen (secondary N) is 1. The van der Waals surface area contributed by atoms with Crippen LogP contribution in [0.5, 0.6) is 5.75 Å². The molecule has 0 bridgehead atoms. The van der Waals surface area contributed by atoms with E-state index in [1.165, 1.54) is 6.20 Å². The molecule has 1 heterocycles. The maximum absolute atomic E-state index is 11.3. The molecule has 4 heteroatoms. The van der Waals surface area contributed by atoms with Gasteiger partial charge in [-0.3, -0.25) is 4.79 Å². The van der Waals surface area contributed by atoms with Crippen molar-refractivity contribution in [3.63, 3.8) is 0 Å². The fourth-order valence-electron chi connectivity index (χ4n) is 1.41. The normalized spacial score (nSPS) is 19.9. The highest BCUT2D eigenvalue weighted by atomic mass is 35.5. The first-order chi connectivity index (χ1) is 6.18. The average Bonchev–Trinajstić information content (AvgIpc) is 2.12. The van der Waals surface area contributed by atoms with Gasteiger partial charge in [0, 0.05) is 16.6 Å². The van der Waals surface area contributed by atoms with Crippen LogP contribution in [-0.4, -0.2) is 15.5 Å². The first-order valence-corrected chi connectivity index (χ1v) is 4.39. The molecule has 1 aliphatic rings. The second kappa shape index (κ2) is 2.92. The van der Waals surface area contributed by atoms with Gasteiger partial charge in [0.2, 0.25) is 0 Å². The summed E-state index contributed by atoms with van der Waals surface area (Å²) in [6.45, 7) is 0. The number of alkyl halides is 1. The third kappa shape index (κ3) is 1.35. The van der Waals surface area contributed by atoms with Crippen LogP contribution >= 0.6 is 11.6 Å². The largest absolute Gasteiger partial charge is 0.506 e. The predicted octanol–water partition coefficient (Wildman–Crippen LogP) is -0.347. The van der Waals surface area contributed by atoms with E-state index in [1.807, 2.05) is 0 Å². The van der Waals surface area contributed by atoms with Crippen LogP contribution in [0.2, 0.25) is 0 Å². The lowest BCUT2D eigenvalue weighted by Gasteiger charge is -2.05. The SMILES string of the molecule is O=c1[nH]cc(O)c2c1=CC(Cl)CC=2. The lowest BCUT2D eigenvalue weighted by Crippen LogP contribution is -2.42. The van der Waals surface area contributed by atoms with Crippen molar-refractivity contribution in [2.45, 2.75) is 11.8 Å². The molecule has 0 saturated heterocycles. The van der Waals surface area contributed by atoms with E-state index in [9.17, 15) is 9.90 Å². The molecule has 1 aromatic heterocycles. The molecular weight excluding hydrogens is 190 g/mol. The minimum Gasteiger partial charge on any atom is -0.506 e. The van der Waals surface area contributed by atoms with Crippen molar-refractivity contribution in [1.82, 2.24) is 4.98 Å². The van der Waals surface area contributed by atoms with Gasteiger partial charge in [0.25, 0.3) is 5.56 Å². The van der Waals surface area contributed by atoms with Gasteiger partial charge in [-0.25, -0.2) is 0 Å². The highest BCUT2D eigenvalue weighted by Gasteiger charge is 2.07. The number of hydrogen-bond donors (Lipinski definition) is 2. The Morgan fingerprint density at radius 3 is 3.08 bits per heavy atom. The summed E-state index contributed by atoms with van der Waals surface area (Å²) in [5.74, 6) is 0.0921. The van der Waals surface area contributed by atoms with Crippen LogP contribution in [0.3, 0.4) is 0 Å². The van der Waals surface area contributed by atoms with Gasteiger partial charge in [0.05, 0.1) is 5.38 Å². The monoisotopic (exact) mass is 197 g/mol. The van der Waals surface area contributed by atoms with Crippen LogP contribution in [0.1, 0.15) is 6.42 Å². The van der Waals surface area contributed by atoms with E-state index >= 15 is 0 Å². The molecule has 0 saturated carbocycles. The van der Waals surface area contributed by atoms with Crippen molar-refractivity contribution in [3.05, 3.63) is 27.0 Å². The molecule has 2 rings (SSSR count). The Labute approximate surface area is 79.0 Å². The number of aromatic nitrogens is 1. The molecular formula is C9H8ClNO2. The zero-order valence-corrected chi connectivity index (χ0v) is 7.51. The van der Waals surface area contributed by atoms with E-state index in [-0.39, 0.29) is 16.7 Å². The molecule has 68 valence electrons. The van der Waals surface area contributed by atoms with Gasteiger partial charge in [-0.2, -0.15) is 0 Å². The number of H-pyrrole nitrogens is 1. The Balaban J connectivity index is 2.94. The van der Waals surface area contributed by atoms with E-state index < -0.39 is 0 Å². The summed E-state index contributed by atoms with van der Waals surface area (Å²) in [5, 5.41) is 10.3. The molecule has 0 spiro atoms. The fourth-order valence-corrected chi connectivity index (χ4v) is 1.62. The summed E-state index contributed by atoms with van der Waals surface area (Å²) in [4.78, 5) is 13.7. The fraction of sp³-hybridized carbons (Fsp3) is 0.222. The Morgan fingerprint density at radius 2 is 2.31 bits per heavy atom. The van der Waals surface area contributed by atoms with E-state index in [2.05, 4.69) is 4.98 Å². The number of rotatable bonds is 0. The first-order valence-electron chi connectivity index (χ1n) is 3.95. The van der Waals surface area contributed by atoms with Crippen molar-refractivity contribution in [1.29, 1.82) is 0 Å². The van der Waals surface area contributed by atoms with Crippen LogP contribution in [0, 0.1) is 0 Å². The lowest BCUT2D eigenvalue weighted by atomic mass is 10.1. The molecule has 0 fully saturated rings. The van der Waals surface area contributed by atoms with E-state index in [4.69, 9.17) is 11.6 Å². The Morgan fingerprint density at radius 1 is 1.54 bits per heavy atom. The number of fused-ring (bicyclic) bond motifs is 1. The maximum Gasteiger partial charge on any atom is 0.255 e. The second-order valence-electron chi connectivity index (χ2n) is 2.95. The summed E-state index contributed by atoms with van der Waals surface area (Å²) < 4.78 is 0. The minimum atomic E-state index is -0.214. The number of pyridine rings is 1. The van der Waals surface area contributed by atoms with Crippen molar-refractivity contribution in [2.24, 2.45) is 0 Å². The van der Waals surface area contributed by atoms with Crippen molar-refractivity contribution in [2.75, 3.05) is 0 Å².